The molecular weight excluding hydrogens is 408 g/mol. The number of fused-ring (bicyclic) bond motifs is 3. The smallest absolute Gasteiger partial charge is 0.279 e. The Balaban J connectivity index is 1.60. The van der Waals surface area contributed by atoms with Crippen LogP contribution in [0, 0.1) is 11.3 Å². The molecule has 1 aromatic carbocycles. The van der Waals surface area contributed by atoms with E-state index in [1.54, 1.807) is 11.3 Å². The number of nitrogens with zero attached hydrogens (tertiary/aromatic N) is 3. The van der Waals surface area contributed by atoms with Crippen LogP contribution in [0.4, 0.5) is 5.69 Å². The zero-order valence-corrected chi connectivity index (χ0v) is 19.7. The van der Waals surface area contributed by atoms with Crippen molar-refractivity contribution in [1.29, 1.82) is 0 Å². The number of carbonyl (C=O) groups excluding carboxylic acids is 1. The summed E-state index contributed by atoms with van der Waals surface area (Å²) in [6.45, 7) is 10.8. The quantitative estimate of drug-likeness (QED) is 0.637. The van der Waals surface area contributed by atoms with Gasteiger partial charge in [0.15, 0.2) is 4.83 Å². The van der Waals surface area contributed by atoms with Gasteiger partial charge in [0.25, 0.3) is 5.56 Å². The summed E-state index contributed by atoms with van der Waals surface area (Å²) < 4.78 is 1.19. The first-order valence-electron chi connectivity index (χ1n) is 10.9. The second kappa shape index (κ2) is 8.19. The predicted octanol–water partition coefficient (Wildman–Crippen LogP) is 4.77. The lowest BCUT2D eigenvalue weighted by atomic mass is 9.72. The Kier molecular flexibility index (Phi) is 5.73. The summed E-state index contributed by atoms with van der Waals surface area (Å²) >= 11 is 1.58. The number of benzene rings is 1. The number of aryl methyl sites for hydroxylation is 1. The SMILES string of the molecule is CC(C)c1ccccc1NC(=O)Cn1nnc2sc3c(c2c1=O)CC[C@@H](C(C)(C)C)C3. The van der Waals surface area contributed by atoms with Crippen LogP contribution in [-0.4, -0.2) is 20.9 Å². The first-order chi connectivity index (χ1) is 14.6. The zero-order chi connectivity index (χ0) is 22.3. The highest BCUT2D eigenvalue weighted by Gasteiger charge is 2.32. The number of anilines is 1. The van der Waals surface area contributed by atoms with Gasteiger partial charge in [-0.3, -0.25) is 9.59 Å². The summed E-state index contributed by atoms with van der Waals surface area (Å²) in [6.07, 6.45) is 2.93. The van der Waals surface area contributed by atoms with Gasteiger partial charge in [0.1, 0.15) is 6.54 Å². The van der Waals surface area contributed by atoms with Crippen molar-refractivity contribution >= 4 is 33.1 Å². The van der Waals surface area contributed by atoms with Crippen LogP contribution in [0.25, 0.3) is 10.2 Å². The minimum absolute atomic E-state index is 0.149. The summed E-state index contributed by atoms with van der Waals surface area (Å²) in [4.78, 5) is 27.8. The van der Waals surface area contributed by atoms with Gasteiger partial charge in [-0.15, -0.1) is 16.4 Å². The molecule has 1 atom stereocenters. The van der Waals surface area contributed by atoms with Crippen molar-refractivity contribution < 1.29 is 4.79 Å². The van der Waals surface area contributed by atoms with Gasteiger partial charge in [0.05, 0.1) is 5.39 Å². The van der Waals surface area contributed by atoms with E-state index in [0.29, 0.717) is 16.1 Å². The van der Waals surface area contributed by atoms with Crippen molar-refractivity contribution in [2.24, 2.45) is 11.3 Å². The largest absolute Gasteiger partial charge is 0.324 e. The Morgan fingerprint density at radius 1 is 1.29 bits per heavy atom. The summed E-state index contributed by atoms with van der Waals surface area (Å²) in [5.74, 6) is 0.598. The van der Waals surface area contributed by atoms with Crippen molar-refractivity contribution in [3.63, 3.8) is 0 Å². The lowest BCUT2D eigenvalue weighted by Crippen LogP contribution is -2.31. The molecule has 0 bridgehead atoms. The third-order valence-corrected chi connectivity index (χ3v) is 7.45. The van der Waals surface area contributed by atoms with Gasteiger partial charge in [-0.25, -0.2) is 4.68 Å². The molecule has 2 heterocycles. The normalized spacial score (nSPS) is 16.5. The lowest BCUT2D eigenvalue weighted by molar-refractivity contribution is -0.117. The number of para-hydroxylation sites is 1. The fourth-order valence-electron chi connectivity index (χ4n) is 4.41. The Hall–Kier alpha value is -2.54. The molecule has 2 aromatic heterocycles. The zero-order valence-electron chi connectivity index (χ0n) is 18.9. The minimum atomic E-state index is -0.277. The summed E-state index contributed by atoms with van der Waals surface area (Å²) in [5.41, 5.74) is 2.96. The average molecular weight is 439 g/mol. The first-order valence-corrected chi connectivity index (χ1v) is 11.7. The summed E-state index contributed by atoms with van der Waals surface area (Å²) in [5, 5.41) is 11.9. The second-order valence-corrected chi connectivity index (χ2v) is 10.9. The molecule has 1 N–H and O–H groups in total. The van der Waals surface area contributed by atoms with Gasteiger partial charge in [0, 0.05) is 10.6 Å². The maximum Gasteiger partial charge on any atom is 0.279 e. The van der Waals surface area contributed by atoms with Crippen LogP contribution in [0.3, 0.4) is 0 Å². The van der Waals surface area contributed by atoms with E-state index in [2.05, 4.69) is 50.2 Å². The molecule has 0 saturated carbocycles. The molecule has 0 spiro atoms. The molecule has 1 aliphatic rings. The fourth-order valence-corrected chi connectivity index (χ4v) is 5.64. The van der Waals surface area contributed by atoms with Crippen LogP contribution in [0.1, 0.15) is 63.0 Å². The van der Waals surface area contributed by atoms with E-state index in [0.717, 1.165) is 36.1 Å². The fraction of sp³-hybridized carbons (Fsp3) is 0.500. The Labute approximate surface area is 186 Å². The number of amides is 1. The van der Waals surface area contributed by atoms with Gasteiger partial charge >= 0.3 is 0 Å². The van der Waals surface area contributed by atoms with E-state index in [1.165, 1.54) is 9.56 Å². The topological polar surface area (TPSA) is 76.9 Å². The van der Waals surface area contributed by atoms with E-state index in [9.17, 15) is 9.59 Å². The van der Waals surface area contributed by atoms with Crippen LogP contribution in [0.15, 0.2) is 29.1 Å². The number of hydrogen-bond acceptors (Lipinski definition) is 5. The molecule has 0 fully saturated rings. The molecule has 4 rings (SSSR count). The summed E-state index contributed by atoms with van der Waals surface area (Å²) in [7, 11) is 0. The monoisotopic (exact) mass is 438 g/mol. The molecule has 1 aliphatic carbocycles. The van der Waals surface area contributed by atoms with Crippen LogP contribution >= 0.6 is 11.3 Å². The molecule has 0 aliphatic heterocycles. The number of rotatable bonds is 4. The maximum absolute atomic E-state index is 13.2. The molecule has 164 valence electrons. The highest BCUT2D eigenvalue weighted by atomic mass is 32.1. The molecule has 31 heavy (non-hydrogen) atoms. The van der Waals surface area contributed by atoms with Gasteiger partial charge in [0.2, 0.25) is 5.91 Å². The highest BCUT2D eigenvalue weighted by Crippen LogP contribution is 2.41. The number of hydrogen-bond donors (Lipinski definition) is 1. The molecular formula is C24H30N4O2S. The molecule has 6 nitrogen and oxygen atoms in total. The Morgan fingerprint density at radius 3 is 2.74 bits per heavy atom. The van der Waals surface area contributed by atoms with E-state index in [1.807, 2.05) is 24.3 Å². The molecule has 0 radical (unpaired) electrons. The van der Waals surface area contributed by atoms with Gasteiger partial charge in [-0.1, -0.05) is 58.0 Å². The van der Waals surface area contributed by atoms with E-state index in [-0.39, 0.29) is 29.3 Å². The standard InChI is InChI=1S/C24H30N4O2S/c1-14(2)16-8-6-7-9-18(16)25-20(29)13-28-23(30)21-17-11-10-15(24(3,4)5)12-19(17)31-22(21)26-27-28/h6-9,14-15H,10-13H2,1-5H3,(H,25,29)/t15-/m1/s1. The van der Waals surface area contributed by atoms with Crippen molar-refractivity contribution in [2.45, 2.75) is 66.3 Å². The van der Waals surface area contributed by atoms with E-state index in [4.69, 9.17) is 0 Å². The number of thiophene rings is 1. The first kappa shape index (κ1) is 21.7. The van der Waals surface area contributed by atoms with E-state index < -0.39 is 0 Å². The molecule has 0 unspecified atom stereocenters. The van der Waals surface area contributed by atoms with E-state index >= 15 is 0 Å². The number of carbonyl (C=O) groups is 1. The molecule has 3 aromatic rings. The third kappa shape index (κ3) is 4.28. The number of aromatic nitrogens is 3. The van der Waals surface area contributed by atoms with Gasteiger partial charge in [-0.2, -0.15) is 0 Å². The maximum atomic E-state index is 13.2. The Morgan fingerprint density at radius 2 is 2.03 bits per heavy atom. The van der Waals surface area contributed by atoms with Crippen molar-refractivity contribution in [1.82, 2.24) is 15.0 Å². The van der Waals surface area contributed by atoms with Crippen LogP contribution in [0.5, 0.6) is 0 Å². The van der Waals surface area contributed by atoms with Crippen LogP contribution < -0.4 is 10.9 Å². The van der Waals surface area contributed by atoms with Crippen molar-refractivity contribution in [3.05, 3.63) is 50.6 Å². The molecule has 0 saturated heterocycles. The summed E-state index contributed by atoms with van der Waals surface area (Å²) in [6, 6.07) is 7.73. The van der Waals surface area contributed by atoms with Gasteiger partial charge in [-0.05, 0) is 53.7 Å². The van der Waals surface area contributed by atoms with Gasteiger partial charge < -0.3 is 5.32 Å². The highest BCUT2D eigenvalue weighted by molar-refractivity contribution is 7.18. The second-order valence-electron chi connectivity index (χ2n) is 9.83. The molecule has 1 amide bonds. The lowest BCUT2D eigenvalue weighted by Gasteiger charge is -2.33. The average Bonchev–Trinajstić information content (AvgIpc) is 3.08. The number of nitrogens with one attached hydrogen (secondary N) is 1. The third-order valence-electron chi connectivity index (χ3n) is 6.31. The molecule has 7 heteroatoms. The Bertz CT molecular complexity index is 1190. The van der Waals surface area contributed by atoms with Crippen molar-refractivity contribution in [3.8, 4) is 0 Å². The van der Waals surface area contributed by atoms with Crippen molar-refractivity contribution in [2.75, 3.05) is 5.32 Å². The van der Waals surface area contributed by atoms with Crippen LogP contribution in [0.2, 0.25) is 0 Å². The predicted molar refractivity (Wildman–Crippen MR) is 126 cm³/mol. The minimum Gasteiger partial charge on any atom is -0.324 e. The van der Waals surface area contributed by atoms with Crippen LogP contribution in [-0.2, 0) is 24.2 Å².